The fraction of sp³-hybridized carbons (Fsp3) is 0.929. The van der Waals surface area contributed by atoms with E-state index in [2.05, 4.69) is 5.32 Å². The summed E-state index contributed by atoms with van der Waals surface area (Å²) in [6, 6.07) is 0.199. The van der Waals surface area contributed by atoms with Crippen LogP contribution in [0.3, 0.4) is 0 Å². The van der Waals surface area contributed by atoms with E-state index in [4.69, 9.17) is 10.5 Å². The second-order valence-electron chi connectivity index (χ2n) is 5.88. The fourth-order valence-electron chi connectivity index (χ4n) is 2.55. The largest absolute Gasteiger partial charge is 0.374 e. The van der Waals surface area contributed by atoms with Crippen LogP contribution in [0.25, 0.3) is 0 Å². The monoisotopic (exact) mass is 256 g/mol. The zero-order valence-electron chi connectivity index (χ0n) is 12.0. The van der Waals surface area contributed by atoms with E-state index < -0.39 is 0 Å². The molecule has 0 aliphatic heterocycles. The molecule has 0 radical (unpaired) electrons. The third kappa shape index (κ3) is 5.36. The van der Waals surface area contributed by atoms with Crippen LogP contribution < -0.4 is 11.1 Å². The van der Waals surface area contributed by atoms with Crippen molar-refractivity contribution in [2.24, 2.45) is 11.7 Å². The van der Waals surface area contributed by atoms with Gasteiger partial charge < -0.3 is 15.8 Å². The molecule has 1 aliphatic rings. The molecular weight excluding hydrogens is 228 g/mol. The fourth-order valence-corrected chi connectivity index (χ4v) is 2.55. The van der Waals surface area contributed by atoms with Gasteiger partial charge in [-0.1, -0.05) is 12.8 Å². The van der Waals surface area contributed by atoms with Gasteiger partial charge in [0.15, 0.2) is 0 Å². The van der Waals surface area contributed by atoms with Gasteiger partial charge in [0.1, 0.15) is 0 Å². The van der Waals surface area contributed by atoms with Crippen LogP contribution in [0.4, 0.5) is 0 Å². The van der Waals surface area contributed by atoms with Gasteiger partial charge in [0.25, 0.3) is 0 Å². The molecule has 0 aromatic heterocycles. The highest BCUT2D eigenvalue weighted by molar-refractivity contribution is 5.76. The van der Waals surface area contributed by atoms with E-state index in [9.17, 15) is 4.79 Å². The summed E-state index contributed by atoms with van der Waals surface area (Å²) in [4.78, 5) is 11.9. The van der Waals surface area contributed by atoms with Gasteiger partial charge in [-0.2, -0.15) is 0 Å². The Hall–Kier alpha value is -0.610. The number of rotatable bonds is 6. The van der Waals surface area contributed by atoms with Gasteiger partial charge in [-0.3, -0.25) is 4.79 Å². The van der Waals surface area contributed by atoms with Crippen LogP contribution in [0.5, 0.6) is 0 Å². The van der Waals surface area contributed by atoms with Gasteiger partial charge in [-0.05, 0) is 39.5 Å². The second-order valence-corrected chi connectivity index (χ2v) is 5.88. The molecular formula is C14H28N2O2. The average molecular weight is 256 g/mol. The average Bonchev–Trinajstić information content (AvgIpc) is 2.30. The lowest BCUT2D eigenvalue weighted by Crippen LogP contribution is -2.42. The molecule has 18 heavy (non-hydrogen) atoms. The first kappa shape index (κ1) is 15.4. The standard InChI is InChI=1S/C14H28N2O2/c1-4-18-14(2,3)10-16-13(17)9-11-7-5-6-8-12(11)15/h11-12H,4-10,15H2,1-3H3,(H,16,17). The highest BCUT2D eigenvalue weighted by Gasteiger charge is 2.25. The summed E-state index contributed by atoms with van der Waals surface area (Å²) < 4.78 is 5.55. The first-order valence-corrected chi connectivity index (χ1v) is 7.11. The van der Waals surface area contributed by atoms with E-state index >= 15 is 0 Å². The lowest BCUT2D eigenvalue weighted by Gasteiger charge is -2.29. The predicted octanol–water partition coefficient (Wildman–Crippen LogP) is 1.83. The molecule has 106 valence electrons. The zero-order valence-corrected chi connectivity index (χ0v) is 12.0. The van der Waals surface area contributed by atoms with Crippen LogP contribution in [0.1, 0.15) is 52.9 Å². The van der Waals surface area contributed by atoms with Crippen molar-refractivity contribution in [3.05, 3.63) is 0 Å². The Balaban J connectivity index is 2.28. The van der Waals surface area contributed by atoms with Crippen molar-refractivity contribution in [2.45, 2.75) is 64.5 Å². The lowest BCUT2D eigenvalue weighted by molar-refractivity contribution is -0.124. The molecule has 1 fully saturated rings. The van der Waals surface area contributed by atoms with Crippen molar-refractivity contribution >= 4 is 5.91 Å². The topological polar surface area (TPSA) is 64.3 Å². The summed E-state index contributed by atoms with van der Waals surface area (Å²) in [6.45, 7) is 7.16. The molecule has 0 heterocycles. The Morgan fingerprint density at radius 3 is 2.67 bits per heavy atom. The third-order valence-electron chi connectivity index (χ3n) is 3.66. The summed E-state index contributed by atoms with van der Waals surface area (Å²) >= 11 is 0. The number of ether oxygens (including phenoxy) is 1. The molecule has 2 atom stereocenters. The van der Waals surface area contributed by atoms with Crippen LogP contribution in [0.2, 0.25) is 0 Å². The number of carbonyl (C=O) groups is 1. The molecule has 0 aromatic rings. The summed E-state index contributed by atoms with van der Waals surface area (Å²) in [7, 11) is 0. The van der Waals surface area contributed by atoms with E-state index in [1.165, 1.54) is 12.8 Å². The Labute approximate surface area is 111 Å². The Kier molecular flexibility index (Phi) is 6.09. The highest BCUT2D eigenvalue weighted by Crippen LogP contribution is 2.25. The minimum atomic E-state index is -0.293. The highest BCUT2D eigenvalue weighted by atomic mass is 16.5. The SMILES string of the molecule is CCOC(C)(C)CNC(=O)CC1CCCCC1N. The smallest absolute Gasteiger partial charge is 0.220 e. The molecule has 4 heteroatoms. The third-order valence-corrected chi connectivity index (χ3v) is 3.66. The Morgan fingerprint density at radius 1 is 1.39 bits per heavy atom. The maximum Gasteiger partial charge on any atom is 0.220 e. The number of carbonyl (C=O) groups excluding carboxylic acids is 1. The van der Waals surface area contributed by atoms with Crippen LogP contribution >= 0.6 is 0 Å². The van der Waals surface area contributed by atoms with Crippen LogP contribution in [0.15, 0.2) is 0 Å². The van der Waals surface area contributed by atoms with Crippen molar-refractivity contribution in [2.75, 3.05) is 13.2 Å². The van der Waals surface area contributed by atoms with Gasteiger partial charge in [-0.25, -0.2) is 0 Å². The van der Waals surface area contributed by atoms with E-state index in [1.807, 2.05) is 20.8 Å². The van der Waals surface area contributed by atoms with Gasteiger partial charge in [0.2, 0.25) is 5.91 Å². The summed E-state index contributed by atoms with van der Waals surface area (Å²) in [5.41, 5.74) is 5.76. The molecule has 0 bridgehead atoms. The van der Waals surface area contributed by atoms with Crippen LogP contribution in [-0.4, -0.2) is 30.7 Å². The van der Waals surface area contributed by atoms with E-state index in [0.717, 1.165) is 12.8 Å². The zero-order chi connectivity index (χ0) is 13.6. The van der Waals surface area contributed by atoms with Gasteiger partial charge >= 0.3 is 0 Å². The van der Waals surface area contributed by atoms with E-state index in [-0.39, 0.29) is 17.6 Å². The quantitative estimate of drug-likeness (QED) is 0.762. The first-order valence-electron chi connectivity index (χ1n) is 7.11. The molecule has 1 amide bonds. The number of hydrogen-bond donors (Lipinski definition) is 2. The number of nitrogens with one attached hydrogen (secondary N) is 1. The molecule has 3 N–H and O–H groups in total. The molecule has 4 nitrogen and oxygen atoms in total. The van der Waals surface area contributed by atoms with Crippen LogP contribution in [-0.2, 0) is 9.53 Å². The Morgan fingerprint density at radius 2 is 2.06 bits per heavy atom. The summed E-state index contributed by atoms with van der Waals surface area (Å²) in [5, 5.41) is 2.96. The van der Waals surface area contributed by atoms with Gasteiger partial charge in [0.05, 0.1) is 5.60 Å². The molecule has 0 spiro atoms. The Bertz CT molecular complexity index is 267. The molecule has 1 rings (SSSR count). The number of nitrogens with two attached hydrogens (primary N) is 1. The summed E-state index contributed by atoms with van der Waals surface area (Å²) in [6.07, 6.45) is 5.11. The minimum Gasteiger partial charge on any atom is -0.374 e. The van der Waals surface area contributed by atoms with Crippen molar-refractivity contribution in [3.8, 4) is 0 Å². The molecule has 0 aromatic carbocycles. The minimum absolute atomic E-state index is 0.102. The number of hydrogen-bond acceptors (Lipinski definition) is 3. The van der Waals surface area contributed by atoms with Crippen molar-refractivity contribution in [1.82, 2.24) is 5.32 Å². The lowest BCUT2D eigenvalue weighted by atomic mass is 9.83. The van der Waals surface area contributed by atoms with Crippen molar-refractivity contribution in [3.63, 3.8) is 0 Å². The number of amides is 1. The van der Waals surface area contributed by atoms with Crippen molar-refractivity contribution in [1.29, 1.82) is 0 Å². The molecule has 0 saturated heterocycles. The normalized spacial score (nSPS) is 24.9. The van der Waals surface area contributed by atoms with Crippen LogP contribution in [0, 0.1) is 5.92 Å². The second kappa shape index (κ2) is 7.10. The predicted molar refractivity (Wildman–Crippen MR) is 73.3 cm³/mol. The maximum atomic E-state index is 11.9. The molecule has 1 saturated carbocycles. The first-order chi connectivity index (χ1) is 8.44. The van der Waals surface area contributed by atoms with Gasteiger partial charge in [-0.15, -0.1) is 0 Å². The molecule has 1 aliphatic carbocycles. The summed E-state index contributed by atoms with van der Waals surface area (Å²) in [5.74, 6) is 0.457. The van der Waals surface area contributed by atoms with E-state index in [0.29, 0.717) is 25.5 Å². The van der Waals surface area contributed by atoms with E-state index in [1.54, 1.807) is 0 Å². The van der Waals surface area contributed by atoms with Crippen molar-refractivity contribution < 1.29 is 9.53 Å². The van der Waals surface area contributed by atoms with Gasteiger partial charge in [0, 0.05) is 25.6 Å². The molecule has 2 unspecified atom stereocenters. The maximum absolute atomic E-state index is 11.9.